The maximum Gasteiger partial charge on any atom is 0.237 e. The van der Waals surface area contributed by atoms with Gasteiger partial charge in [0.15, 0.2) is 0 Å². The van der Waals surface area contributed by atoms with E-state index >= 15 is 0 Å². The Bertz CT molecular complexity index is 380. The van der Waals surface area contributed by atoms with Gasteiger partial charge >= 0.3 is 0 Å². The molecule has 1 aromatic carbocycles. The highest BCUT2D eigenvalue weighted by molar-refractivity contribution is 5.82. The molecule has 1 aromatic rings. The summed E-state index contributed by atoms with van der Waals surface area (Å²) in [6.45, 7) is 5.05. The molecule has 2 N–H and O–H groups in total. The monoisotopic (exact) mass is 232 g/mol. The van der Waals surface area contributed by atoms with E-state index in [1.54, 1.807) is 0 Å². The Labute approximate surface area is 103 Å². The Morgan fingerprint density at radius 2 is 2.12 bits per heavy atom. The van der Waals surface area contributed by atoms with Crippen LogP contribution in [-0.2, 0) is 4.79 Å². The molecule has 0 radical (unpaired) electrons. The van der Waals surface area contributed by atoms with E-state index in [1.807, 2.05) is 6.92 Å². The average molecular weight is 232 g/mol. The molecule has 3 nitrogen and oxygen atoms in total. The molecule has 0 aromatic heterocycles. The molecule has 1 heterocycles. The third-order valence-corrected chi connectivity index (χ3v) is 3.31. The van der Waals surface area contributed by atoms with Gasteiger partial charge in [-0.25, -0.2) is 0 Å². The zero-order valence-electron chi connectivity index (χ0n) is 10.5. The van der Waals surface area contributed by atoms with Crippen LogP contribution in [0.3, 0.4) is 0 Å². The van der Waals surface area contributed by atoms with Crippen molar-refractivity contribution in [2.45, 2.75) is 38.8 Å². The first-order valence-electron chi connectivity index (χ1n) is 6.27. The normalized spacial score (nSPS) is 21.2. The van der Waals surface area contributed by atoms with Gasteiger partial charge in [-0.05, 0) is 38.8 Å². The highest BCUT2D eigenvalue weighted by Gasteiger charge is 2.23. The molecule has 2 rings (SSSR count). The van der Waals surface area contributed by atoms with E-state index in [1.165, 1.54) is 5.56 Å². The number of nitrogens with one attached hydrogen (secondary N) is 2. The lowest BCUT2D eigenvalue weighted by atomic mass is 10.1. The topological polar surface area (TPSA) is 41.1 Å². The van der Waals surface area contributed by atoms with E-state index in [0.717, 1.165) is 24.9 Å². The fourth-order valence-corrected chi connectivity index (χ4v) is 2.16. The number of benzene rings is 1. The van der Waals surface area contributed by atoms with Gasteiger partial charge in [0.2, 0.25) is 5.91 Å². The Morgan fingerprint density at radius 3 is 2.71 bits per heavy atom. The number of carbonyl (C=O) groups excluding carboxylic acids is 1. The highest BCUT2D eigenvalue weighted by Crippen LogP contribution is 2.14. The van der Waals surface area contributed by atoms with Crippen molar-refractivity contribution in [1.29, 1.82) is 0 Å². The fourth-order valence-electron chi connectivity index (χ4n) is 2.16. The second-order valence-electron chi connectivity index (χ2n) is 4.79. The minimum absolute atomic E-state index is 0.00268. The molecule has 0 aliphatic carbocycles. The summed E-state index contributed by atoms with van der Waals surface area (Å²) in [5, 5.41) is 6.27. The predicted octanol–water partition coefficient (Wildman–Crippen LogP) is 1.92. The van der Waals surface area contributed by atoms with Crippen molar-refractivity contribution in [2.75, 3.05) is 6.54 Å². The van der Waals surface area contributed by atoms with Crippen LogP contribution in [0.15, 0.2) is 24.3 Å². The van der Waals surface area contributed by atoms with Crippen molar-refractivity contribution in [1.82, 2.24) is 10.6 Å². The lowest BCUT2D eigenvalue weighted by Crippen LogP contribution is -2.41. The molecule has 3 heteroatoms. The van der Waals surface area contributed by atoms with Crippen molar-refractivity contribution in [3.8, 4) is 0 Å². The molecule has 1 saturated heterocycles. The van der Waals surface area contributed by atoms with Crippen LogP contribution in [-0.4, -0.2) is 18.5 Å². The number of amides is 1. The van der Waals surface area contributed by atoms with E-state index in [0.29, 0.717) is 0 Å². The molecule has 1 aliphatic rings. The van der Waals surface area contributed by atoms with Crippen LogP contribution >= 0.6 is 0 Å². The van der Waals surface area contributed by atoms with Gasteiger partial charge in [0, 0.05) is 0 Å². The maximum atomic E-state index is 11.9. The smallest absolute Gasteiger partial charge is 0.237 e. The van der Waals surface area contributed by atoms with Crippen molar-refractivity contribution in [3.05, 3.63) is 35.4 Å². The zero-order chi connectivity index (χ0) is 12.3. The number of carbonyl (C=O) groups is 1. The first kappa shape index (κ1) is 12.1. The SMILES string of the molecule is Cc1ccc([C@@H](C)NC(=O)[C@@H]2CCCN2)cc1. The lowest BCUT2D eigenvalue weighted by molar-refractivity contribution is -0.123. The molecule has 1 amide bonds. The number of rotatable bonds is 3. The molecule has 92 valence electrons. The first-order valence-corrected chi connectivity index (χ1v) is 6.27. The van der Waals surface area contributed by atoms with Crippen molar-refractivity contribution < 1.29 is 4.79 Å². The van der Waals surface area contributed by atoms with Crippen molar-refractivity contribution in [3.63, 3.8) is 0 Å². The van der Waals surface area contributed by atoms with Crippen LogP contribution < -0.4 is 10.6 Å². The largest absolute Gasteiger partial charge is 0.348 e. The van der Waals surface area contributed by atoms with E-state index in [-0.39, 0.29) is 18.0 Å². The van der Waals surface area contributed by atoms with Crippen molar-refractivity contribution in [2.24, 2.45) is 0 Å². The summed E-state index contributed by atoms with van der Waals surface area (Å²) in [5.41, 5.74) is 2.40. The van der Waals surface area contributed by atoms with Gasteiger partial charge in [-0.1, -0.05) is 29.8 Å². The van der Waals surface area contributed by atoms with E-state index in [2.05, 4.69) is 41.8 Å². The quantitative estimate of drug-likeness (QED) is 0.836. The summed E-state index contributed by atoms with van der Waals surface area (Å²) in [4.78, 5) is 11.9. The Morgan fingerprint density at radius 1 is 1.41 bits per heavy atom. The highest BCUT2D eigenvalue weighted by atomic mass is 16.2. The zero-order valence-corrected chi connectivity index (χ0v) is 10.5. The minimum Gasteiger partial charge on any atom is -0.348 e. The third kappa shape index (κ3) is 3.07. The van der Waals surface area contributed by atoms with E-state index < -0.39 is 0 Å². The second kappa shape index (κ2) is 5.32. The van der Waals surface area contributed by atoms with Gasteiger partial charge in [-0.2, -0.15) is 0 Å². The molecule has 0 saturated carbocycles. The molecule has 0 spiro atoms. The van der Waals surface area contributed by atoms with E-state index in [9.17, 15) is 4.79 Å². The number of hydrogen-bond donors (Lipinski definition) is 2. The van der Waals surface area contributed by atoms with Gasteiger partial charge in [-0.3, -0.25) is 4.79 Å². The molecule has 2 atom stereocenters. The summed E-state index contributed by atoms with van der Waals surface area (Å²) >= 11 is 0. The van der Waals surface area contributed by atoms with Crippen LogP contribution in [0.4, 0.5) is 0 Å². The number of hydrogen-bond acceptors (Lipinski definition) is 2. The Hall–Kier alpha value is -1.35. The molecule has 1 aliphatic heterocycles. The Balaban J connectivity index is 1.93. The first-order chi connectivity index (χ1) is 8.16. The molecule has 0 bridgehead atoms. The minimum atomic E-state index is 0.00268. The van der Waals surface area contributed by atoms with Gasteiger partial charge < -0.3 is 10.6 Å². The molecule has 17 heavy (non-hydrogen) atoms. The van der Waals surface area contributed by atoms with Crippen LogP contribution in [0.25, 0.3) is 0 Å². The molecular weight excluding hydrogens is 212 g/mol. The summed E-state index contributed by atoms with van der Waals surface area (Å²) in [6.07, 6.45) is 2.05. The summed E-state index contributed by atoms with van der Waals surface area (Å²) in [6, 6.07) is 8.37. The summed E-state index contributed by atoms with van der Waals surface area (Å²) in [7, 11) is 0. The fraction of sp³-hybridized carbons (Fsp3) is 0.500. The number of aryl methyl sites for hydroxylation is 1. The Kier molecular flexibility index (Phi) is 3.79. The predicted molar refractivity (Wildman–Crippen MR) is 68.8 cm³/mol. The van der Waals surface area contributed by atoms with Gasteiger partial charge in [0.1, 0.15) is 0 Å². The van der Waals surface area contributed by atoms with Crippen LogP contribution in [0, 0.1) is 6.92 Å². The second-order valence-corrected chi connectivity index (χ2v) is 4.79. The molecular formula is C14H20N2O. The third-order valence-electron chi connectivity index (χ3n) is 3.31. The van der Waals surface area contributed by atoms with Crippen LogP contribution in [0.2, 0.25) is 0 Å². The molecule has 0 unspecified atom stereocenters. The standard InChI is InChI=1S/C14H20N2O/c1-10-5-7-12(8-6-10)11(2)16-14(17)13-4-3-9-15-13/h5-8,11,13,15H,3-4,9H2,1-2H3,(H,16,17)/t11-,13+/m1/s1. The van der Waals surface area contributed by atoms with Gasteiger partial charge in [0.05, 0.1) is 12.1 Å². The average Bonchev–Trinajstić information content (AvgIpc) is 2.83. The van der Waals surface area contributed by atoms with Crippen LogP contribution in [0.5, 0.6) is 0 Å². The van der Waals surface area contributed by atoms with Gasteiger partial charge in [-0.15, -0.1) is 0 Å². The molecule has 1 fully saturated rings. The van der Waals surface area contributed by atoms with E-state index in [4.69, 9.17) is 0 Å². The van der Waals surface area contributed by atoms with Crippen LogP contribution in [0.1, 0.15) is 36.9 Å². The van der Waals surface area contributed by atoms with Gasteiger partial charge in [0.25, 0.3) is 0 Å². The summed E-state index contributed by atoms with van der Waals surface area (Å²) in [5.74, 6) is 0.121. The summed E-state index contributed by atoms with van der Waals surface area (Å²) < 4.78 is 0. The maximum absolute atomic E-state index is 11.9. The van der Waals surface area contributed by atoms with Crippen molar-refractivity contribution >= 4 is 5.91 Å². The lowest BCUT2D eigenvalue weighted by Gasteiger charge is -2.17.